The summed E-state index contributed by atoms with van der Waals surface area (Å²) in [5.41, 5.74) is 3.01. The molecule has 7 heteroatoms. The van der Waals surface area contributed by atoms with Crippen molar-refractivity contribution in [3.63, 3.8) is 0 Å². The summed E-state index contributed by atoms with van der Waals surface area (Å²) in [7, 11) is 0. The van der Waals surface area contributed by atoms with Gasteiger partial charge in [-0.1, -0.05) is 158 Å². The smallest absolute Gasteiger partial charge is 1.00 e. The summed E-state index contributed by atoms with van der Waals surface area (Å²) in [4.78, 5) is 12.7. The van der Waals surface area contributed by atoms with Gasteiger partial charge in [0.1, 0.15) is 5.60 Å². The van der Waals surface area contributed by atoms with E-state index in [4.69, 9.17) is 4.74 Å². The van der Waals surface area contributed by atoms with E-state index in [0.29, 0.717) is 0 Å². The average molecular weight is 908 g/mol. The van der Waals surface area contributed by atoms with Gasteiger partial charge in [-0.15, -0.1) is 22.7 Å². The number of rotatable bonds is 5. The van der Waals surface area contributed by atoms with Gasteiger partial charge in [0.25, 0.3) is 0 Å². The largest absolute Gasteiger partial charge is 2.00 e. The van der Waals surface area contributed by atoms with E-state index in [1.807, 2.05) is 152 Å². The number of benzene rings is 8. The number of fused-ring (bicyclic) bond motifs is 6. The van der Waals surface area contributed by atoms with Crippen molar-refractivity contribution in [1.29, 1.82) is 0 Å². The SMILES string of the molecule is C1CCOC1.O=C(c1ccccc1)c1cccc2c1sc1ccccc12.OC(c1ccccc1)(c1ccccc1)c1cccc2c1sc1ccccc12.[Br-].[Mg+2].[c-]1ccccc1. The zero-order valence-electron chi connectivity index (χ0n) is 33.6. The van der Waals surface area contributed by atoms with Gasteiger partial charge in [-0.2, -0.15) is 36.4 Å². The van der Waals surface area contributed by atoms with Gasteiger partial charge in [-0.25, -0.2) is 0 Å². The van der Waals surface area contributed by atoms with Crippen LogP contribution in [0.1, 0.15) is 45.5 Å². The Bertz CT molecular complexity index is 2820. The number of aliphatic hydroxyl groups is 1. The zero-order valence-corrected chi connectivity index (χ0v) is 38.3. The molecule has 11 rings (SSSR count). The molecule has 61 heavy (non-hydrogen) atoms. The van der Waals surface area contributed by atoms with Crippen LogP contribution in [0.25, 0.3) is 40.3 Å². The first-order valence-corrected chi connectivity index (χ1v) is 21.5. The molecule has 0 spiro atoms. The van der Waals surface area contributed by atoms with Gasteiger partial charge in [0, 0.05) is 70.2 Å². The predicted octanol–water partition coefficient (Wildman–Crippen LogP) is 10.5. The van der Waals surface area contributed by atoms with Crippen molar-refractivity contribution < 1.29 is 31.6 Å². The summed E-state index contributed by atoms with van der Waals surface area (Å²) >= 11 is 3.43. The van der Waals surface area contributed by atoms with Crippen LogP contribution in [0.5, 0.6) is 0 Å². The maximum atomic E-state index is 12.7. The number of ketones is 1. The average Bonchev–Trinajstić information content (AvgIpc) is 4.11. The Morgan fingerprint density at radius 3 is 1.44 bits per heavy atom. The summed E-state index contributed by atoms with van der Waals surface area (Å²) in [6.07, 6.45) is 2.56. The Kier molecular flexibility index (Phi) is 16.6. The minimum atomic E-state index is -1.21. The standard InChI is InChI=1S/C25H18OS.C19H12OS.C6H5.C4H8O.BrH.Mg/c26-25(18-10-3-1-4-11-18,19-12-5-2-6-13-19)22-16-9-15-21-20-14-7-8-17-23(20)27-24(21)22;20-18(13-7-2-1-3-8-13)16-11-6-10-15-14-9-4-5-12-17(14)21-19(15)16;1-2-4-6-5-3-1;1-2-4-5-3-1;;/h1-17,26H;1-12H;1-5H;1-4H2;1H;/q;;-1;;;+2/p-1. The molecule has 0 saturated carbocycles. The third-order valence-electron chi connectivity index (χ3n) is 10.3. The molecule has 1 saturated heterocycles. The van der Waals surface area contributed by atoms with Crippen LogP contribution in [0, 0.1) is 6.07 Å². The van der Waals surface area contributed by atoms with Crippen molar-refractivity contribution in [2.75, 3.05) is 13.2 Å². The van der Waals surface area contributed by atoms with E-state index in [2.05, 4.69) is 60.7 Å². The zero-order chi connectivity index (χ0) is 40.3. The number of carbonyl (C=O) groups excluding carboxylic acids is 1. The molecule has 2 aromatic heterocycles. The molecule has 1 N–H and O–H groups in total. The van der Waals surface area contributed by atoms with Crippen LogP contribution >= 0.6 is 22.7 Å². The first-order chi connectivity index (χ1) is 29.1. The minimum Gasteiger partial charge on any atom is -1.00 e. The molecule has 1 fully saturated rings. The molecule has 10 aromatic rings. The van der Waals surface area contributed by atoms with Gasteiger partial charge in [0.15, 0.2) is 5.78 Å². The third-order valence-corrected chi connectivity index (χ3v) is 12.7. The van der Waals surface area contributed by atoms with Crippen molar-refractivity contribution in [2.45, 2.75) is 18.4 Å². The predicted molar refractivity (Wildman–Crippen MR) is 255 cm³/mol. The van der Waals surface area contributed by atoms with E-state index in [-0.39, 0.29) is 45.8 Å². The van der Waals surface area contributed by atoms with Gasteiger partial charge >= 0.3 is 23.1 Å². The molecule has 0 bridgehead atoms. The molecule has 0 radical (unpaired) electrons. The van der Waals surface area contributed by atoms with Crippen LogP contribution in [-0.2, 0) is 10.3 Å². The molecule has 1 aliphatic heterocycles. The maximum absolute atomic E-state index is 12.7. The number of halogens is 1. The van der Waals surface area contributed by atoms with E-state index >= 15 is 0 Å². The van der Waals surface area contributed by atoms with Crippen LogP contribution in [0.2, 0.25) is 0 Å². The third kappa shape index (κ3) is 10.4. The van der Waals surface area contributed by atoms with Gasteiger partial charge < -0.3 is 26.8 Å². The van der Waals surface area contributed by atoms with E-state index < -0.39 is 5.60 Å². The molecule has 0 amide bonds. The molecule has 8 aromatic carbocycles. The fraction of sp³-hybridized carbons (Fsp3) is 0.0926. The van der Waals surface area contributed by atoms with Crippen molar-refractivity contribution >= 4 is 91.9 Å². The quantitative estimate of drug-likeness (QED) is 0.0810. The normalized spacial score (nSPS) is 11.8. The molecule has 3 nitrogen and oxygen atoms in total. The van der Waals surface area contributed by atoms with Gasteiger partial charge in [0.05, 0.1) is 0 Å². The van der Waals surface area contributed by atoms with Crippen molar-refractivity contribution in [3.8, 4) is 0 Å². The Labute approximate surface area is 392 Å². The second-order valence-electron chi connectivity index (χ2n) is 14.1. The van der Waals surface area contributed by atoms with Gasteiger partial charge in [0.2, 0.25) is 0 Å². The Hall–Kier alpha value is -4.96. The van der Waals surface area contributed by atoms with E-state index in [1.54, 1.807) is 22.7 Å². The molecule has 0 unspecified atom stereocenters. The van der Waals surface area contributed by atoms with Gasteiger partial charge in [-0.3, -0.25) is 4.79 Å². The van der Waals surface area contributed by atoms with E-state index in [1.165, 1.54) is 38.4 Å². The van der Waals surface area contributed by atoms with Crippen molar-refractivity contribution in [2.24, 2.45) is 0 Å². The van der Waals surface area contributed by atoms with E-state index in [0.717, 1.165) is 55.8 Å². The molecule has 0 atom stereocenters. The fourth-order valence-electron chi connectivity index (χ4n) is 7.39. The number of carbonyl (C=O) groups is 1. The molecular weight excluding hydrogens is 865 g/mol. The first-order valence-electron chi connectivity index (χ1n) is 19.9. The minimum absolute atomic E-state index is 0. The Morgan fingerprint density at radius 1 is 0.508 bits per heavy atom. The van der Waals surface area contributed by atoms with Gasteiger partial charge in [-0.05, 0) is 42.2 Å². The van der Waals surface area contributed by atoms with Crippen LogP contribution in [0.4, 0.5) is 0 Å². The second kappa shape index (κ2) is 22.2. The monoisotopic (exact) mass is 906 g/mol. The maximum Gasteiger partial charge on any atom is 2.00 e. The van der Waals surface area contributed by atoms with Crippen molar-refractivity contribution in [1.82, 2.24) is 0 Å². The summed E-state index contributed by atoms with van der Waals surface area (Å²) in [6, 6.07) is 70.8. The summed E-state index contributed by atoms with van der Waals surface area (Å²) in [5, 5.41) is 17.0. The van der Waals surface area contributed by atoms with Crippen LogP contribution in [0.3, 0.4) is 0 Å². The summed E-state index contributed by atoms with van der Waals surface area (Å²) < 4.78 is 9.62. The van der Waals surface area contributed by atoms with E-state index in [9.17, 15) is 9.90 Å². The first kappa shape index (κ1) is 45.6. The molecule has 3 heterocycles. The van der Waals surface area contributed by atoms with Crippen molar-refractivity contribution in [3.05, 3.63) is 240 Å². The number of thiophene rings is 2. The Balaban J connectivity index is 0.000000161. The molecule has 0 aliphatic carbocycles. The summed E-state index contributed by atoms with van der Waals surface area (Å²) in [6.45, 7) is 2.00. The fourth-order valence-corrected chi connectivity index (χ4v) is 9.87. The summed E-state index contributed by atoms with van der Waals surface area (Å²) in [5.74, 6) is 0.0905. The van der Waals surface area contributed by atoms with Crippen LogP contribution in [-0.4, -0.2) is 47.2 Å². The molecule has 1 aliphatic rings. The topological polar surface area (TPSA) is 46.5 Å². The second-order valence-corrected chi connectivity index (χ2v) is 16.2. The number of ether oxygens (including phenoxy) is 1. The Morgan fingerprint density at radius 2 is 0.951 bits per heavy atom. The number of hydrogen-bond donors (Lipinski definition) is 1. The molecular formula is C54H43BrMgO3S2. The van der Waals surface area contributed by atoms with Crippen LogP contribution in [0.15, 0.2) is 206 Å². The van der Waals surface area contributed by atoms with Crippen LogP contribution < -0.4 is 17.0 Å². The molecule has 298 valence electrons. The number of hydrogen-bond acceptors (Lipinski definition) is 5.